The highest BCUT2D eigenvalue weighted by Crippen LogP contribution is 2.04. The van der Waals surface area contributed by atoms with E-state index in [-0.39, 0.29) is 18.3 Å². The van der Waals surface area contributed by atoms with Crippen molar-refractivity contribution in [2.75, 3.05) is 30.7 Å². The maximum atomic E-state index is 11.9. The summed E-state index contributed by atoms with van der Waals surface area (Å²) in [7, 11) is -3.25. The fraction of sp³-hybridized carbons (Fsp3) is 0.462. The molecule has 0 amide bonds. The Bertz CT molecular complexity index is 525. The van der Waals surface area contributed by atoms with Gasteiger partial charge in [0.2, 0.25) is 10.0 Å². The molecular formula is C13H22N4O2S. The van der Waals surface area contributed by atoms with Crippen LogP contribution >= 0.6 is 0 Å². The summed E-state index contributed by atoms with van der Waals surface area (Å²) in [5, 5.41) is 2.90. The van der Waals surface area contributed by atoms with Crippen molar-refractivity contribution in [1.82, 2.24) is 4.31 Å². The molecule has 0 aliphatic heterocycles. The molecule has 6 nitrogen and oxygen atoms in total. The molecule has 0 radical (unpaired) electrons. The van der Waals surface area contributed by atoms with Crippen molar-refractivity contribution in [2.24, 2.45) is 10.7 Å². The molecule has 1 aromatic carbocycles. The third-order valence-electron chi connectivity index (χ3n) is 2.78. The Morgan fingerprint density at radius 1 is 1.25 bits per heavy atom. The van der Waals surface area contributed by atoms with E-state index in [4.69, 9.17) is 5.73 Å². The van der Waals surface area contributed by atoms with Gasteiger partial charge in [0.05, 0.1) is 12.3 Å². The second-order valence-corrected chi connectivity index (χ2v) is 6.25. The number of sulfonamides is 1. The maximum absolute atomic E-state index is 11.9. The Hall–Kier alpha value is -1.60. The molecule has 0 saturated heterocycles. The van der Waals surface area contributed by atoms with E-state index in [2.05, 4.69) is 10.3 Å². The molecule has 1 rings (SSSR count). The van der Waals surface area contributed by atoms with Crippen LogP contribution in [0.15, 0.2) is 35.3 Å². The number of guanidine groups is 1. The molecule has 3 N–H and O–H groups in total. The molecular weight excluding hydrogens is 276 g/mol. The normalized spacial score (nSPS) is 12.7. The van der Waals surface area contributed by atoms with Gasteiger partial charge in [-0.1, -0.05) is 32.0 Å². The standard InChI is InChI=1S/C13H22N4O2S/c1-3-17(4-2)20(18,19)11-10-15-13(14)16-12-8-6-5-7-9-12/h5-9H,3-4,10-11H2,1-2H3,(H3,14,15,16). The number of nitrogens with zero attached hydrogens (tertiary/aromatic N) is 2. The van der Waals surface area contributed by atoms with Crippen LogP contribution in [0.5, 0.6) is 0 Å². The molecule has 0 aromatic heterocycles. The lowest BCUT2D eigenvalue weighted by Crippen LogP contribution is -2.34. The van der Waals surface area contributed by atoms with Gasteiger partial charge in [0.1, 0.15) is 0 Å². The zero-order chi connectivity index (χ0) is 15.0. The average molecular weight is 298 g/mol. The summed E-state index contributed by atoms with van der Waals surface area (Å²) < 4.78 is 25.3. The number of hydrogen-bond acceptors (Lipinski definition) is 3. The highest BCUT2D eigenvalue weighted by atomic mass is 32.2. The summed E-state index contributed by atoms with van der Waals surface area (Å²) in [5.74, 6) is 0.178. The van der Waals surface area contributed by atoms with E-state index < -0.39 is 10.0 Å². The molecule has 0 aliphatic rings. The molecule has 20 heavy (non-hydrogen) atoms. The SMILES string of the molecule is CCN(CC)S(=O)(=O)CCN=C(N)Nc1ccccc1. The van der Waals surface area contributed by atoms with Gasteiger partial charge in [0.15, 0.2) is 5.96 Å². The Morgan fingerprint density at radius 2 is 1.85 bits per heavy atom. The minimum atomic E-state index is -3.25. The van der Waals surface area contributed by atoms with Gasteiger partial charge in [0, 0.05) is 18.8 Å². The third-order valence-corrected chi connectivity index (χ3v) is 4.78. The summed E-state index contributed by atoms with van der Waals surface area (Å²) in [5.41, 5.74) is 6.53. The van der Waals surface area contributed by atoms with Gasteiger partial charge in [-0.25, -0.2) is 12.7 Å². The molecule has 0 heterocycles. The number of nitrogens with one attached hydrogen (secondary N) is 1. The number of para-hydroxylation sites is 1. The lowest BCUT2D eigenvalue weighted by Gasteiger charge is -2.17. The minimum absolute atomic E-state index is 0.0359. The van der Waals surface area contributed by atoms with Gasteiger partial charge in [-0.15, -0.1) is 0 Å². The lowest BCUT2D eigenvalue weighted by atomic mass is 10.3. The highest BCUT2D eigenvalue weighted by Gasteiger charge is 2.17. The Labute approximate surface area is 120 Å². The first-order chi connectivity index (χ1) is 9.49. The molecule has 0 fully saturated rings. The van der Waals surface area contributed by atoms with Crippen molar-refractivity contribution in [3.63, 3.8) is 0 Å². The number of rotatable bonds is 7. The monoisotopic (exact) mass is 298 g/mol. The van der Waals surface area contributed by atoms with Crippen molar-refractivity contribution in [2.45, 2.75) is 13.8 Å². The molecule has 0 saturated carbocycles. The summed E-state index contributed by atoms with van der Waals surface area (Å²) in [4.78, 5) is 4.03. The highest BCUT2D eigenvalue weighted by molar-refractivity contribution is 7.89. The Morgan fingerprint density at radius 3 is 2.40 bits per heavy atom. The second-order valence-electron chi connectivity index (χ2n) is 4.16. The van der Waals surface area contributed by atoms with Crippen LogP contribution in [0.1, 0.15) is 13.8 Å². The fourth-order valence-electron chi connectivity index (χ4n) is 1.74. The Kier molecular flexibility index (Phi) is 6.47. The van der Waals surface area contributed by atoms with Crippen LogP contribution in [0, 0.1) is 0 Å². The first-order valence-corrected chi connectivity index (χ1v) is 8.20. The van der Waals surface area contributed by atoms with Crippen LogP contribution in [-0.2, 0) is 10.0 Å². The van der Waals surface area contributed by atoms with Gasteiger partial charge < -0.3 is 11.1 Å². The first kappa shape index (κ1) is 16.5. The van der Waals surface area contributed by atoms with Gasteiger partial charge >= 0.3 is 0 Å². The van der Waals surface area contributed by atoms with E-state index in [0.717, 1.165) is 5.69 Å². The van der Waals surface area contributed by atoms with Crippen LogP contribution in [-0.4, -0.2) is 44.1 Å². The van der Waals surface area contributed by atoms with Gasteiger partial charge in [0.25, 0.3) is 0 Å². The largest absolute Gasteiger partial charge is 0.370 e. The summed E-state index contributed by atoms with van der Waals surface area (Å²) in [6.07, 6.45) is 0. The predicted molar refractivity (Wildman–Crippen MR) is 83.3 cm³/mol. The van der Waals surface area contributed by atoms with E-state index in [0.29, 0.717) is 13.1 Å². The van der Waals surface area contributed by atoms with Crippen LogP contribution in [0.2, 0.25) is 0 Å². The van der Waals surface area contributed by atoms with Crippen LogP contribution in [0.25, 0.3) is 0 Å². The van der Waals surface area contributed by atoms with E-state index in [1.54, 1.807) is 0 Å². The molecule has 112 valence electrons. The van der Waals surface area contributed by atoms with Gasteiger partial charge in [-0.05, 0) is 12.1 Å². The van der Waals surface area contributed by atoms with Crippen molar-refractivity contribution in [3.8, 4) is 0 Å². The maximum Gasteiger partial charge on any atom is 0.215 e. The van der Waals surface area contributed by atoms with Crippen LogP contribution < -0.4 is 11.1 Å². The second kappa shape index (κ2) is 7.86. The molecule has 0 atom stereocenters. The van der Waals surface area contributed by atoms with Crippen molar-refractivity contribution >= 4 is 21.7 Å². The van der Waals surface area contributed by atoms with E-state index in [9.17, 15) is 8.42 Å². The molecule has 7 heteroatoms. The van der Waals surface area contributed by atoms with Gasteiger partial charge in [-0.2, -0.15) is 0 Å². The zero-order valence-electron chi connectivity index (χ0n) is 11.9. The number of nitrogens with two attached hydrogens (primary N) is 1. The molecule has 1 aromatic rings. The third kappa shape index (κ3) is 5.18. The average Bonchev–Trinajstić information content (AvgIpc) is 2.40. The lowest BCUT2D eigenvalue weighted by molar-refractivity contribution is 0.445. The topological polar surface area (TPSA) is 87.8 Å². The van der Waals surface area contributed by atoms with E-state index >= 15 is 0 Å². The summed E-state index contributed by atoms with van der Waals surface area (Å²) in [6, 6.07) is 9.36. The van der Waals surface area contributed by atoms with Crippen LogP contribution in [0.4, 0.5) is 5.69 Å². The van der Waals surface area contributed by atoms with Crippen LogP contribution in [0.3, 0.4) is 0 Å². The number of hydrogen-bond donors (Lipinski definition) is 2. The smallest absolute Gasteiger partial charge is 0.215 e. The van der Waals surface area contributed by atoms with Crippen molar-refractivity contribution in [3.05, 3.63) is 30.3 Å². The molecule has 0 aliphatic carbocycles. The summed E-state index contributed by atoms with van der Waals surface area (Å²) in [6.45, 7) is 4.72. The van der Waals surface area contributed by atoms with Crippen molar-refractivity contribution in [1.29, 1.82) is 0 Å². The Balaban J connectivity index is 2.52. The number of benzene rings is 1. The van der Waals surface area contributed by atoms with Gasteiger partial charge in [-0.3, -0.25) is 4.99 Å². The minimum Gasteiger partial charge on any atom is -0.370 e. The quantitative estimate of drug-likeness (QED) is 0.582. The van der Waals surface area contributed by atoms with E-state index in [1.165, 1.54) is 4.31 Å². The zero-order valence-corrected chi connectivity index (χ0v) is 12.7. The number of aliphatic imine (C=N–C) groups is 1. The molecule has 0 spiro atoms. The molecule has 0 bridgehead atoms. The number of anilines is 1. The van der Waals surface area contributed by atoms with E-state index in [1.807, 2.05) is 44.2 Å². The fourth-order valence-corrected chi connectivity index (χ4v) is 3.10. The van der Waals surface area contributed by atoms with Crippen molar-refractivity contribution < 1.29 is 8.42 Å². The summed E-state index contributed by atoms with van der Waals surface area (Å²) >= 11 is 0. The molecule has 0 unspecified atom stereocenters. The first-order valence-electron chi connectivity index (χ1n) is 6.59. The predicted octanol–water partition coefficient (Wildman–Crippen LogP) is 1.08.